The number of benzene rings is 2. The number of aliphatic hydroxyl groups is 1. The zero-order chi connectivity index (χ0) is 38.6. The largest absolute Gasteiger partial charge is 0.496 e. The lowest BCUT2D eigenvalue weighted by Crippen LogP contribution is -2.69. The van der Waals surface area contributed by atoms with Crippen LogP contribution in [0.1, 0.15) is 73.5 Å². The van der Waals surface area contributed by atoms with Gasteiger partial charge < -0.3 is 34.2 Å². The first-order valence-electron chi connectivity index (χ1n) is 19.9. The summed E-state index contributed by atoms with van der Waals surface area (Å²) in [5.41, 5.74) is 5.68. The minimum absolute atomic E-state index is 0.154. The monoisotopic (exact) mass is 748 g/mol. The van der Waals surface area contributed by atoms with E-state index < -0.39 is 16.8 Å². The molecule has 2 aromatic heterocycles. The molecule has 0 spiro atoms. The molecule has 55 heavy (non-hydrogen) atoms. The molecule has 2 aromatic carbocycles. The number of ether oxygens (including phenoxy) is 3. The van der Waals surface area contributed by atoms with Gasteiger partial charge in [-0.05, 0) is 81.3 Å². The number of hydrogen-bond donors (Lipinski definition) is 3. The average Bonchev–Trinajstić information content (AvgIpc) is 3.73. The fraction of sp³-hybridized carbons (Fsp3) is 0.523. The molecule has 6 bridgehead atoms. The number of carbonyl (C=O) groups excluding carboxylic acids is 3. The maximum Gasteiger partial charge on any atom is 0.319 e. The summed E-state index contributed by atoms with van der Waals surface area (Å²) in [6.07, 6.45) is 5.77. The summed E-state index contributed by atoms with van der Waals surface area (Å²) in [6, 6.07) is 11.8. The first-order valence-corrected chi connectivity index (χ1v) is 19.9. The van der Waals surface area contributed by atoms with E-state index in [0.29, 0.717) is 44.5 Å². The predicted molar refractivity (Wildman–Crippen MR) is 208 cm³/mol. The quantitative estimate of drug-likeness (QED) is 0.177. The van der Waals surface area contributed by atoms with Gasteiger partial charge in [0.1, 0.15) is 16.6 Å². The summed E-state index contributed by atoms with van der Waals surface area (Å²) >= 11 is 0. The van der Waals surface area contributed by atoms with E-state index >= 15 is 0 Å². The molecule has 8 atom stereocenters. The van der Waals surface area contributed by atoms with Crippen LogP contribution in [0.3, 0.4) is 0 Å². The maximum absolute atomic E-state index is 14.4. The molecule has 6 aliphatic rings. The summed E-state index contributed by atoms with van der Waals surface area (Å²) in [4.78, 5) is 54.5. The van der Waals surface area contributed by atoms with Crippen LogP contribution in [0.25, 0.3) is 21.8 Å². The Morgan fingerprint density at radius 3 is 2.51 bits per heavy atom. The maximum atomic E-state index is 14.4. The Morgan fingerprint density at radius 1 is 1.02 bits per heavy atom. The van der Waals surface area contributed by atoms with Crippen molar-refractivity contribution in [2.24, 2.45) is 23.2 Å². The Kier molecular flexibility index (Phi) is 8.51. The van der Waals surface area contributed by atoms with Crippen LogP contribution < -0.4 is 4.74 Å². The van der Waals surface area contributed by atoms with Crippen LogP contribution in [0.4, 0.5) is 0 Å². The first kappa shape index (κ1) is 36.1. The van der Waals surface area contributed by atoms with Crippen LogP contribution in [0, 0.1) is 23.2 Å². The SMILES string of the molecule is C/C=C1/CN(C)[C@H]2Cc3c([nH]c4ccccc34)C(c3c(OC)ccc4c5c([nH]c34)[C@@]3(C(=O)OC)C[C@@H]4C[C@H](CC)C3N(CC5)C4=O)C[C@H]1C2(CO)C(=O)OC. The summed E-state index contributed by atoms with van der Waals surface area (Å²) < 4.78 is 17.6. The molecule has 4 aromatic rings. The molecule has 1 saturated carbocycles. The van der Waals surface area contributed by atoms with Gasteiger partial charge in [0.05, 0.1) is 39.5 Å². The van der Waals surface area contributed by atoms with Gasteiger partial charge >= 0.3 is 11.9 Å². The molecule has 10 rings (SSSR count). The van der Waals surface area contributed by atoms with Crippen molar-refractivity contribution in [2.75, 3.05) is 48.1 Å². The molecule has 4 aliphatic heterocycles. The van der Waals surface area contributed by atoms with Crippen LogP contribution in [0.2, 0.25) is 0 Å². The number of aromatic amines is 2. The van der Waals surface area contributed by atoms with E-state index in [4.69, 9.17) is 14.2 Å². The van der Waals surface area contributed by atoms with Crippen LogP contribution >= 0.6 is 0 Å². The van der Waals surface area contributed by atoms with E-state index in [9.17, 15) is 19.5 Å². The van der Waals surface area contributed by atoms with Gasteiger partial charge in [0, 0.05) is 70.1 Å². The number of hydrogen-bond acceptors (Lipinski definition) is 8. The fourth-order valence-electron chi connectivity index (χ4n) is 12.4. The summed E-state index contributed by atoms with van der Waals surface area (Å²) in [5, 5.41) is 13.6. The standard InChI is InChI=1S/C44H52N4O7/c1-7-23-17-25-20-43(41(51)54-5)38-28(15-16-48(39(23)43)40(25)50)27-13-14-33(53-4)35(37(27)46-38)30-18-31-24(8-2)21-47(3)34(44(31,22-49)42(52)55-6)19-29-26-11-9-10-12-32(26)45-36(29)30/h8-14,23,25,30-31,34,39,45-46,49H,7,15-22H2,1-6H3/b24-8-/t23-,25-,30?,31+,34-,39?,43-,44?/m0/s1. The average molecular weight is 749 g/mol. The number of amides is 1. The van der Waals surface area contributed by atoms with Crippen molar-refractivity contribution in [1.29, 1.82) is 0 Å². The highest BCUT2D eigenvalue weighted by Gasteiger charge is 2.66. The number of allylic oxidation sites excluding steroid dienone is 1. The van der Waals surface area contributed by atoms with Crippen molar-refractivity contribution >= 4 is 39.7 Å². The predicted octanol–water partition coefficient (Wildman–Crippen LogP) is 5.38. The molecule has 4 fully saturated rings. The second-order valence-electron chi connectivity index (χ2n) is 16.7. The van der Waals surface area contributed by atoms with Gasteiger partial charge in [0.15, 0.2) is 0 Å². The van der Waals surface area contributed by atoms with Crippen molar-refractivity contribution in [3.05, 3.63) is 76.1 Å². The topological polar surface area (TPSA) is 137 Å². The smallest absolute Gasteiger partial charge is 0.319 e. The minimum Gasteiger partial charge on any atom is -0.496 e. The number of nitrogens with zero attached hydrogens (tertiary/aromatic N) is 2. The van der Waals surface area contributed by atoms with Crippen molar-refractivity contribution in [2.45, 2.75) is 75.8 Å². The number of esters is 2. The van der Waals surface area contributed by atoms with E-state index in [1.165, 1.54) is 14.2 Å². The number of fused-ring (bicyclic) bond motifs is 9. The number of nitrogens with one attached hydrogen (secondary N) is 2. The molecule has 3 saturated heterocycles. The molecular weight excluding hydrogens is 697 g/mol. The van der Waals surface area contributed by atoms with Crippen molar-refractivity contribution in [3.63, 3.8) is 0 Å². The van der Waals surface area contributed by atoms with E-state index in [1.54, 1.807) is 7.11 Å². The third-order valence-electron chi connectivity index (χ3n) is 14.7. The Morgan fingerprint density at radius 2 is 1.80 bits per heavy atom. The number of likely N-dealkylation sites (N-methyl/N-ethyl adjacent to an activating group) is 1. The molecular formula is C44H52N4O7. The molecule has 1 amide bonds. The lowest BCUT2D eigenvalue weighted by atomic mass is 9.56. The Balaban J connectivity index is 1.34. The molecule has 11 heteroatoms. The third-order valence-corrected chi connectivity index (χ3v) is 14.7. The number of carbonyl (C=O) groups is 3. The van der Waals surface area contributed by atoms with Gasteiger partial charge in [-0.1, -0.05) is 43.2 Å². The lowest BCUT2D eigenvalue weighted by molar-refractivity contribution is -0.173. The highest BCUT2D eigenvalue weighted by Crippen LogP contribution is 2.58. The van der Waals surface area contributed by atoms with E-state index in [2.05, 4.69) is 46.1 Å². The van der Waals surface area contributed by atoms with E-state index in [1.807, 2.05) is 37.1 Å². The summed E-state index contributed by atoms with van der Waals surface area (Å²) in [7, 11) is 6.60. The van der Waals surface area contributed by atoms with Gasteiger partial charge in [0.2, 0.25) is 5.91 Å². The number of rotatable bonds is 6. The Labute approximate surface area is 321 Å². The van der Waals surface area contributed by atoms with Crippen LogP contribution in [-0.2, 0) is 42.1 Å². The van der Waals surface area contributed by atoms with Crippen molar-refractivity contribution in [3.8, 4) is 5.75 Å². The van der Waals surface area contributed by atoms with Gasteiger partial charge in [-0.15, -0.1) is 0 Å². The molecule has 0 radical (unpaired) electrons. The zero-order valence-electron chi connectivity index (χ0n) is 32.7. The minimum atomic E-state index is -1.23. The van der Waals surface area contributed by atoms with Gasteiger partial charge in [-0.3, -0.25) is 19.3 Å². The summed E-state index contributed by atoms with van der Waals surface area (Å²) in [6.45, 7) is 4.99. The van der Waals surface area contributed by atoms with Gasteiger partial charge in [-0.2, -0.15) is 0 Å². The normalized spacial score (nSPS) is 32.2. The molecule has 290 valence electrons. The van der Waals surface area contributed by atoms with Gasteiger partial charge in [-0.25, -0.2) is 0 Å². The number of H-pyrrole nitrogens is 2. The van der Waals surface area contributed by atoms with Crippen molar-refractivity contribution < 1.29 is 33.7 Å². The highest BCUT2D eigenvalue weighted by atomic mass is 16.5. The molecule has 3 N–H and O–H groups in total. The number of aliphatic hydroxyl groups excluding tert-OH is 1. The van der Waals surface area contributed by atoms with Crippen molar-refractivity contribution in [1.82, 2.24) is 19.8 Å². The number of likely N-dealkylation sites (tertiary alicyclic amines) is 1. The Hall–Kier alpha value is -4.61. The number of piperidine rings is 3. The van der Waals surface area contributed by atoms with Crippen LogP contribution in [0.5, 0.6) is 5.75 Å². The molecule has 11 nitrogen and oxygen atoms in total. The summed E-state index contributed by atoms with van der Waals surface area (Å²) in [5.74, 6) is -0.613. The first-order chi connectivity index (χ1) is 26.6. The fourth-order valence-corrected chi connectivity index (χ4v) is 12.4. The highest BCUT2D eigenvalue weighted by molar-refractivity contribution is 5.97. The van der Waals surface area contributed by atoms with Crippen LogP contribution in [-0.4, -0.2) is 103 Å². The van der Waals surface area contributed by atoms with Gasteiger partial charge in [0.25, 0.3) is 0 Å². The molecule has 2 aliphatic carbocycles. The molecule has 6 heterocycles. The Bertz CT molecular complexity index is 2270. The van der Waals surface area contributed by atoms with E-state index in [0.717, 1.165) is 68.3 Å². The zero-order valence-corrected chi connectivity index (χ0v) is 32.7. The van der Waals surface area contributed by atoms with E-state index in [-0.39, 0.29) is 54.2 Å². The number of methoxy groups -OCH3 is 3. The van der Waals surface area contributed by atoms with Crippen LogP contribution in [0.15, 0.2) is 48.0 Å². The lowest BCUT2D eigenvalue weighted by Gasteiger charge is -2.57. The second kappa shape index (κ2) is 13.0. The number of aromatic nitrogens is 2. The number of para-hydroxylation sites is 1. The third kappa shape index (κ3) is 4.65. The molecule has 3 unspecified atom stereocenters. The second-order valence-corrected chi connectivity index (χ2v) is 16.7.